The van der Waals surface area contributed by atoms with Crippen molar-refractivity contribution in [2.24, 2.45) is 0 Å². The van der Waals surface area contributed by atoms with Gasteiger partial charge in [0.15, 0.2) is 0 Å². The van der Waals surface area contributed by atoms with Crippen LogP contribution in [0.25, 0.3) is 0 Å². The number of rotatable bonds is 3. The number of hydrogen-bond donors (Lipinski definition) is 2. The summed E-state index contributed by atoms with van der Waals surface area (Å²) in [6.07, 6.45) is 0.934. The van der Waals surface area contributed by atoms with Crippen molar-refractivity contribution in [1.29, 1.82) is 0 Å². The monoisotopic (exact) mass is 261 g/mol. The van der Waals surface area contributed by atoms with Crippen molar-refractivity contribution in [2.75, 3.05) is 5.32 Å². The first-order chi connectivity index (χ1) is 8.61. The molecule has 0 saturated heterocycles. The fraction of sp³-hybridized carbons (Fsp3) is 0.214. The summed E-state index contributed by atoms with van der Waals surface area (Å²) in [5.74, 6) is 0.0571. The van der Waals surface area contributed by atoms with E-state index in [1.807, 2.05) is 12.1 Å². The van der Waals surface area contributed by atoms with E-state index >= 15 is 0 Å². The van der Waals surface area contributed by atoms with Crippen LogP contribution in [0.15, 0.2) is 30.3 Å². The topological polar surface area (TPSA) is 49.3 Å². The Morgan fingerprint density at radius 1 is 1.33 bits per heavy atom. The summed E-state index contributed by atoms with van der Waals surface area (Å²) in [5.41, 5.74) is 1.32. The summed E-state index contributed by atoms with van der Waals surface area (Å²) < 4.78 is 0. The standard InChI is InChI=1S/C14H15NO2S/c1-3-10-7-8-13(18-10)14(17)15-11-5-4-6-12(16)9(11)2/h4-8,16H,3H2,1-2H3,(H,15,17). The van der Waals surface area contributed by atoms with Crippen LogP contribution in [0.4, 0.5) is 5.69 Å². The van der Waals surface area contributed by atoms with E-state index in [-0.39, 0.29) is 11.7 Å². The average Bonchev–Trinajstić information content (AvgIpc) is 2.83. The van der Waals surface area contributed by atoms with Gasteiger partial charge in [0.2, 0.25) is 0 Å². The Hall–Kier alpha value is -1.81. The minimum absolute atomic E-state index is 0.131. The van der Waals surface area contributed by atoms with Gasteiger partial charge in [-0.1, -0.05) is 13.0 Å². The minimum Gasteiger partial charge on any atom is -0.508 e. The third kappa shape index (κ3) is 2.54. The molecule has 94 valence electrons. The van der Waals surface area contributed by atoms with Gasteiger partial charge in [-0.3, -0.25) is 4.79 Å². The third-order valence-electron chi connectivity index (χ3n) is 2.79. The van der Waals surface area contributed by atoms with E-state index < -0.39 is 0 Å². The number of amides is 1. The maximum atomic E-state index is 12.0. The van der Waals surface area contributed by atoms with Gasteiger partial charge >= 0.3 is 0 Å². The molecular weight excluding hydrogens is 246 g/mol. The molecule has 2 aromatic rings. The number of benzene rings is 1. The first-order valence-corrected chi connectivity index (χ1v) is 6.62. The summed E-state index contributed by atoms with van der Waals surface area (Å²) in [6.45, 7) is 3.84. The second-order valence-corrected chi connectivity index (χ2v) is 5.19. The number of aromatic hydroxyl groups is 1. The summed E-state index contributed by atoms with van der Waals surface area (Å²) in [4.78, 5) is 13.9. The molecule has 18 heavy (non-hydrogen) atoms. The molecule has 0 unspecified atom stereocenters. The van der Waals surface area contributed by atoms with E-state index in [1.165, 1.54) is 16.2 Å². The molecule has 0 bridgehead atoms. The van der Waals surface area contributed by atoms with Gasteiger partial charge in [0.05, 0.1) is 4.88 Å². The Morgan fingerprint density at radius 3 is 2.78 bits per heavy atom. The molecular formula is C14H15NO2S. The third-order valence-corrected chi connectivity index (χ3v) is 4.02. The fourth-order valence-electron chi connectivity index (χ4n) is 1.63. The molecule has 0 atom stereocenters. The van der Waals surface area contributed by atoms with Gasteiger partial charge in [-0.15, -0.1) is 11.3 Å². The Balaban J connectivity index is 2.18. The predicted octanol–water partition coefficient (Wildman–Crippen LogP) is 3.58. The zero-order valence-electron chi connectivity index (χ0n) is 10.4. The first-order valence-electron chi connectivity index (χ1n) is 5.80. The Bertz CT molecular complexity index is 575. The van der Waals surface area contributed by atoms with Crippen molar-refractivity contribution in [2.45, 2.75) is 20.3 Å². The molecule has 0 aliphatic heterocycles. The van der Waals surface area contributed by atoms with E-state index in [0.717, 1.165) is 6.42 Å². The van der Waals surface area contributed by atoms with Crippen LogP contribution >= 0.6 is 11.3 Å². The molecule has 0 fully saturated rings. The van der Waals surface area contributed by atoms with Crippen LogP contribution < -0.4 is 5.32 Å². The molecule has 2 rings (SSSR count). The van der Waals surface area contributed by atoms with Crippen molar-refractivity contribution < 1.29 is 9.90 Å². The summed E-state index contributed by atoms with van der Waals surface area (Å²) in [7, 11) is 0. The van der Waals surface area contributed by atoms with E-state index in [2.05, 4.69) is 12.2 Å². The maximum absolute atomic E-state index is 12.0. The van der Waals surface area contributed by atoms with Crippen molar-refractivity contribution >= 4 is 22.9 Å². The molecule has 0 spiro atoms. The predicted molar refractivity (Wildman–Crippen MR) is 74.5 cm³/mol. The van der Waals surface area contributed by atoms with Crippen LogP contribution in [0.1, 0.15) is 27.0 Å². The summed E-state index contributed by atoms with van der Waals surface area (Å²) in [5, 5.41) is 12.4. The summed E-state index contributed by atoms with van der Waals surface area (Å²) in [6, 6.07) is 8.89. The SMILES string of the molecule is CCc1ccc(C(=O)Nc2cccc(O)c2C)s1. The number of phenolic OH excluding ortho intramolecular Hbond substituents is 1. The molecule has 0 aliphatic rings. The zero-order valence-corrected chi connectivity index (χ0v) is 11.2. The Kier molecular flexibility index (Phi) is 3.67. The number of thiophene rings is 1. The average molecular weight is 261 g/mol. The van der Waals surface area contributed by atoms with Gasteiger partial charge in [-0.2, -0.15) is 0 Å². The minimum atomic E-state index is -0.131. The largest absolute Gasteiger partial charge is 0.508 e. The lowest BCUT2D eigenvalue weighted by Crippen LogP contribution is -2.11. The van der Waals surface area contributed by atoms with Crippen LogP contribution in [-0.2, 0) is 6.42 Å². The number of hydrogen-bond acceptors (Lipinski definition) is 3. The van der Waals surface area contributed by atoms with E-state index in [1.54, 1.807) is 25.1 Å². The van der Waals surface area contributed by atoms with Gasteiger partial charge in [0, 0.05) is 16.1 Å². The van der Waals surface area contributed by atoms with Crippen LogP contribution in [0.5, 0.6) is 5.75 Å². The number of carbonyl (C=O) groups excluding carboxylic acids is 1. The van der Waals surface area contributed by atoms with E-state index in [9.17, 15) is 9.90 Å². The number of phenols is 1. The quantitative estimate of drug-likeness (QED) is 0.887. The highest BCUT2D eigenvalue weighted by Gasteiger charge is 2.11. The number of carbonyl (C=O) groups is 1. The van der Waals surface area contributed by atoms with Gasteiger partial charge in [0.25, 0.3) is 5.91 Å². The van der Waals surface area contributed by atoms with Crippen molar-refractivity contribution in [3.05, 3.63) is 45.6 Å². The van der Waals surface area contributed by atoms with Crippen molar-refractivity contribution in [3.63, 3.8) is 0 Å². The number of aryl methyl sites for hydroxylation is 1. The molecule has 0 radical (unpaired) electrons. The molecule has 2 N–H and O–H groups in total. The van der Waals surface area contributed by atoms with Crippen molar-refractivity contribution in [1.82, 2.24) is 0 Å². The molecule has 1 heterocycles. The lowest BCUT2D eigenvalue weighted by molar-refractivity contribution is 0.103. The second-order valence-electron chi connectivity index (χ2n) is 4.02. The van der Waals surface area contributed by atoms with Gasteiger partial charge < -0.3 is 10.4 Å². The van der Waals surface area contributed by atoms with Crippen LogP contribution in [0.3, 0.4) is 0 Å². The molecule has 1 aromatic carbocycles. The van der Waals surface area contributed by atoms with Crippen LogP contribution in [0, 0.1) is 6.92 Å². The normalized spacial score (nSPS) is 10.3. The zero-order chi connectivity index (χ0) is 13.1. The van der Waals surface area contributed by atoms with Crippen LogP contribution in [-0.4, -0.2) is 11.0 Å². The van der Waals surface area contributed by atoms with Gasteiger partial charge in [0.1, 0.15) is 5.75 Å². The Morgan fingerprint density at radius 2 is 2.11 bits per heavy atom. The Labute approximate surface area is 110 Å². The molecule has 0 aliphatic carbocycles. The molecule has 0 saturated carbocycles. The highest BCUT2D eigenvalue weighted by Crippen LogP contribution is 2.25. The fourth-order valence-corrected chi connectivity index (χ4v) is 2.48. The number of anilines is 1. The van der Waals surface area contributed by atoms with Gasteiger partial charge in [-0.05, 0) is 37.6 Å². The highest BCUT2D eigenvalue weighted by atomic mass is 32.1. The number of nitrogens with one attached hydrogen (secondary N) is 1. The lowest BCUT2D eigenvalue weighted by atomic mass is 10.2. The molecule has 3 nitrogen and oxygen atoms in total. The molecule has 1 aromatic heterocycles. The maximum Gasteiger partial charge on any atom is 0.265 e. The second kappa shape index (κ2) is 5.23. The molecule has 4 heteroatoms. The first kappa shape index (κ1) is 12.6. The van der Waals surface area contributed by atoms with E-state index in [0.29, 0.717) is 16.1 Å². The summed E-state index contributed by atoms with van der Waals surface area (Å²) >= 11 is 1.50. The van der Waals surface area contributed by atoms with Crippen molar-refractivity contribution in [3.8, 4) is 5.75 Å². The van der Waals surface area contributed by atoms with Gasteiger partial charge in [-0.25, -0.2) is 0 Å². The van der Waals surface area contributed by atoms with Crippen LogP contribution in [0.2, 0.25) is 0 Å². The smallest absolute Gasteiger partial charge is 0.265 e. The lowest BCUT2D eigenvalue weighted by Gasteiger charge is -2.08. The van der Waals surface area contributed by atoms with E-state index in [4.69, 9.17) is 0 Å². The highest BCUT2D eigenvalue weighted by molar-refractivity contribution is 7.14. The molecule has 1 amide bonds.